The van der Waals surface area contributed by atoms with E-state index in [0.29, 0.717) is 36.3 Å². The minimum Gasteiger partial charge on any atom is -0.496 e. The second-order valence-electron chi connectivity index (χ2n) is 6.33. The number of ether oxygens (including phenoxy) is 2. The average Bonchev–Trinajstić information content (AvgIpc) is 3.26. The molecule has 0 amide bonds. The average molecular weight is 508 g/mol. The Morgan fingerprint density at radius 1 is 1.12 bits per heavy atom. The van der Waals surface area contributed by atoms with Crippen LogP contribution in [0.2, 0.25) is 0 Å². The molecule has 0 saturated heterocycles. The summed E-state index contributed by atoms with van der Waals surface area (Å²) in [5.74, 6) is 0.539. The lowest BCUT2D eigenvalue weighted by molar-refractivity contribution is -0.757. The molecule has 11 heteroatoms. The fourth-order valence-corrected chi connectivity index (χ4v) is 4.91. The Morgan fingerprint density at radius 2 is 1.85 bits per heavy atom. The molecule has 0 aliphatic carbocycles. The number of carbonyl (C=O) groups is 2. The summed E-state index contributed by atoms with van der Waals surface area (Å²) < 4.78 is 11.5. The highest BCUT2D eigenvalue weighted by atomic mass is 32.9. The van der Waals surface area contributed by atoms with Gasteiger partial charge in [-0.2, -0.15) is 0 Å². The summed E-state index contributed by atoms with van der Waals surface area (Å²) >= 11 is 5.14. The number of rotatable bonds is 10. The molecular formula is C22H21NO7S3. The summed E-state index contributed by atoms with van der Waals surface area (Å²) in [5.41, 5.74) is 1.45. The zero-order valence-electron chi connectivity index (χ0n) is 17.6. The molecule has 1 aromatic heterocycles. The highest BCUT2D eigenvalue weighted by Gasteiger charge is 2.14. The van der Waals surface area contributed by atoms with E-state index >= 15 is 0 Å². The summed E-state index contributed by atoms with van der Waals surface area (Å²) in [4.78, 5) is 36.6. The quantitative estimate of drug-likeness (QED) is 0.0481. The largest absolute Gasteiger partial charge is 0.496 e. The van der Waals surface area contributed by atoms with Crippen molar-refractivity contribution in [3.8, 4) is 21.9 Å². The molecule has 2 aromatic carbocycles. The fraction of sp³-hybridized carbons (Fsp3) is 0.227. The number of unbranched alkanes of at least 4 members (excludes halogenated alkanes) is 2. The van der Waals surface area contributed by atoms with Gasteiger partial charge in [-0.1, -0.05) is 45.0 Å². The number of benzene rings is 2. The van der Waals surface area contributed by atoms with E-state index in [0.717, 1.165) is 20.6 Å². The van der Waals surface area contributed by atoms with Crippen LogP contribution >= 0.6 is 32.9 Å². The summed E-state index contributed by atoms with van der Waals surface area (Å²) in [6.45, 7) is 0.0842. The Hall–Kier alpha value is -3.15. The third-order valence-corrected chi connectivity index (χ3v) is 6.96. The first-order valence-corrected chi connectivity index (χ1v) is 12.3. The molecule has 3 rings (SSSR count). The monoisotopic (exact) mass is 507 g/mol. The highest BCUT2D eigenvalue weighted by molar-refractivity contribution is 7.80. The molecule has 0 spiro atoms. The molecule has 8 nitrogen and oxygen atoms in total. The van der Waals surface area contributed by atoms with Gasteiger partial charge in [-0.3, -0.25) is 0 Å². The maximum absolute atomic E-state index is 12.2. The van der Waals surface area contributed by atoms with E-state index in [1.165, 1.54) is 7.11 Å². The number of nitrogens with zero attached hydrogens (tertiary/aromatic N) is 1. The van der Waals surface area contributed by atoms with Crippen molar-refractivity contribution in [1.29, 1.82) is 0 Å². The topological polar surface area (TPSA) is 105 Å². The molecule has 0 aliphatic rings. The second kappa shape index (κ2) is 14.1. The van der Waals surface area contributed by atoms with E-state index in [1.807, 2.05) is 18.2 Å². The molecule has 0 N–H and O–H groups in total. The Balaban J connectivity index is 0.000000328. The lowest BCUT2D eigenvalue weighted by Crippen LogP contribution is -2.09. The highest BCUT2D eigenvalue weighted by Crippen LogP contribution is 2.30. The zero-order chi connectivity index (χ0) is 24.1. The minimum absolute atomic E-state index is 0.0842. The summed E-state index contributed by atoms with van der Waals surface area (Å²) in [5, 5.41) is 8.71. The third kappa shape index (κ3) is 9.08. The van der Waals surface area contributed by atoms with Crippen LogP contribution in [0.5, 0.6) is 11.5 Å². The number of carbonyl (C=O) groups excluding carboxylic acids is 2. The van der Waals surface area contributed by atoms with E-state index in [4.69, 9.17) is 21.7 Å². The van der Waals surface area contributed by atoms with E-state index in [2.05, 4.69) is 4.84 Å². The van der Waals surface area contributed by atoms with Crippen LogP contribution in [0.15, 0.2) is 54.6 Å². The first-order valence-electron chi connectivity index (χ1n) is 9.71. The van der Waals surface area contributed by atoms with Gasteiger partial charge in [-0.25, -0.2) is 4.79 Å². The standard InChI is InChI=1S/C17H12O3S3.C5H9NO4/c1-19-14-5-3-2-4-13(14)17(18)20-12-8-6-11(7-9-12)15-10-16(21)23-22-15;7-4-2-1-3-5-10-6(8)9/h2-10H,1H3;4H,1-3,5H2. The van der Waals surface area contributed by atoms with Crippen molar-refractivity contribution in [1.82, 2.24) is 0 Å². The van der Waals surface area contributed by atoms with Gasteiger partial charge in [0, 0.05) is 11.3 Å². The molecule has 1 heterocycles. The number of hydrogen-bond acceptors (Lipinski definition) is 10. The summed E-state index contributed by atoms with van der Waals surface area (Å²) in [6.07, 6.45) is 2.43. The predicted molar refractivity (Wildman–Crippen MR) is 129 cm³/mol. The Bertz CT molecular complexity index is 1110. The van der Waals surface area contributed by atoms with Gasteiger partial charge in [0.1, 0.15) is 27.2 Å². The Kier molecular flexibility index (Phi) is 11.1. The van der Waals surface area contributed by atoms with Crippen LogP contribution < -0.4 is 9.47 Å². The van der Waals surface area contributed by atoms with E-state index in [9.17, 15) is 19.7 Å². The van der Waals surface area contributed by atoms with Gasteiger partial charge in [-0.15, -0.1) is 10.1 Å². The molecule has 0 atom stereocenters. The normalized spacial score (nSPS) is 9.85. The third-order valence-electron chi connectivity index (χ3n) is 4.05. The van der Waals surface area contributed by atoms with Crippen LogP contribution in [0, 0.1) is 13.9 Å². The summed E-state index contributed by atoms with van der Waals surface area (Å²) in [7, 11) is 4.73. The molecular weight excluding hydrogens is 486 g/mol. The van der Waals surface area contributed by atoms with Gasteiger partial charge in [0.05, 0.1) is 13.7 Å². The van der Waals surface area contributed by atoms with Crippen LogP contribution in [-0.2, 0) is 9.63 Å². The lowest BCUT2D eigenvalue weighted by atomic mass is 10.2. The fourth-order valence-electron chi connectivity index (χ4n) is 2.50. The van der Waals surface area contributed by atoms with Crippen molar-refractivity contribution in [2.45, 2.75) is 19.3 Å². The first-order chi connectivity index (χ1) is 15.9. The SMILES string of the molecule is COc1ccccc1C(=O)Oc1ccc(-c2cc(=S)ss2)cc1.O=CCCCCO[N+](=O)[O-]. The van der Waals surface area contributed by atoms with Crippen molar-refractivity contribution >= 4 is 45.2 Å². The number of hydrogen-bond donors (Lipinski definition) is 0. The van der Waals surface area contributed by atoms with Crippen molar-refractivity contribution in [2.75, 3.05) is 13.7 Å². The van der Waals surface area contributed by atoms with Crippen molar-refractivity contribution < 1.29 is 29.0 Å². The number of para-hydroxylation sites is 1. The van der Waals surface area contributed by atoms with Crippen LogP contribution in [0.25, 0.3) is 10.4 Å². The smallest absolute Gasteiger partial charge is 0.347 e. The van der Waals surface area contributed by atoms with Crippen molar-refractivity contribution in [2.24, 2.45) is 0 Å². The number of aldehydes is 1. The van der Waals surface area contributed by atoms with Crippen LogP contribution in [0.4, 0.5) is 0 Å². The maximum atomic E-state index is 12.2. The molecule has 0 saturated carbocycles. The van der Waals surface area contributed by atoms with Gasteiger partial charge in [0.25, 0.3) is 5.09 Å². The molecule has 0 unspecified atom stereocenters. The van der Waals surface area contributed by atoms with E-state index in [-0.39, 0.29) is 6.61 Å². The molecule has 0 bridgehead atoms. The van der Waals surface area contributed by atoms with Crippen LogP contribution in [0.3, 0.4) is 0 Å². The van der Waals surface area contributed by atoms with Gasteiger partial charge in [0.15, 0.2) is 0 Å². The van der Waals surface area contributed by atoms with E-state index in [1.54, 1.807) is 57.1 Å². The summed E-state index contributed by atoms with van der Waals surface area (Å²) in [6, 6.07) is 16.3. The second-order valence-corrected chi connectivity index (χ2v) is 9.24. The first kappa shape index (κ1) is 26.1. The molecule has 174 valence electrons. The lowest BCUT2D eigenvalue weighted by Gasteiger charge is -2.08. The molecule has 0 fully saturated rings. The Morgan fingerprint density at radius 3 is 2.45 bits per heavy atom. The van der Waals surface area contributed by atoms with Gasteiger partial charge in [-0.05, 0) is 60.9 Å². The molecule has 0 aliphatic heterocycles. The van der Waals surface area contributed by atoms with Gasteiger partial charge >= 0.3 is 5.97 Å². The van der Waals surface area contributed by atoms with Crippen LogP contribution in [0.1, 0.15) is 29.6 Å². The molecule has 3 aromatic rings. The minimum atomic E-state index is -0.832. The zero-order valence-corrected chi connectivity index (χ0v) is 20.1. The van der Waals surface area contributed by atoms with Gasteiger partial charge < -0.3 is 19.1 Å². The molecule has 33 heavy (non-hydrogen) atoms. The van der Waals surface area contributed by atoms with Crippen molar-refractivity contribution in [3.05, 3.63) is 74.1 Å². The number of methoxy groups -OCH3 is 1. The van der Waals surface area contributed by atoms with E-state index < -0.39 is 11.1 Å². The Labute approximate surface area is 202 Å². The maximum Gasteiger partial charge on any atom is 0.347 e. The van der Waals surface area contributed by atoms with Crippen molar-refractivity contribution in [3.63, 3.8) is 0 Å². The number of esters is 1. The van der Waals surface area contributed by atoms with Crippen LogP contribution in [-0.4, -0.2) is 31.1 Å². The molecule has 0 radical (unpaired) electrons. The van der Waals surface area contributed by atoms with Gasteiger partial charge in [0.2, 0.25) is 0 Å². The predicted octanol–water partition coefficient (Wildman–Crippen LogP) is 6.00.